The molecule has 0 spiro atoms. The Labute approximate surface area is 177 Å². The van der Waals surface area contributed by atoms with Crippen molar-refractivity contribution in [1.82, 2.24) is 9.62 Å². The number of sulfonamides is 1. The van der Waals surface area contributed by atoms with E-state index in [1.807, 2.05) is 6.92 Å². The number of amides is 2. The molecule has 1 heterocycles. The van der Waals surface area contributed by atoms with Gasteiger partial charge in [-0.1, -0.05) is 19.1 Å². The lowest BCUT2D eigenvalue weighted by Gasteiger charge is -2.29. The Morgan fingerprint density at radius 2 is 1.63 bits per heavy atom. The van der Waals surface area contributed by atoms with E-state index in [0.717, 1.165) is 12.8 Å². The topological polar surface area (TPSA) is 95.6 Å². The molecule has 0 atom stereocenters. The second-order valence-electron chi connectivity index (χ2n) is 7.47. The third-order valence-electron chi connectivity index (χ3n) is 5.25. The zero-order valence-electron chi connectivity index (χ0n) is 17.2. The molecule has 7 nitrogen and oxygen atoms in total. The molecule has 2 amide bonds. The monoisotopic (exact) mass is 429 g/mol. The second-order valence-corrected chi connectivity index (χ2v) is 9.41. The van der Waals surface area contributed by atoms with Gasteiger partial charge in [0.05, 0.1) is 16.1 Å². The van der Waals surface area contributed by atoms with Crippen LogP contribution < -0.4 is 10.6 Å². The van der Waals surface area contributed by atoms with Gasteiger partial charge in [0.25, 0.3) is 11.8 Å². The molecule has 0 bridgehead atoms. The lowest BCUT2D eigenvalue weighted by atomic mass is 10.0. The van der Waals surface area contributed by atoms with Crippen molar-refractivity contribution < 1.29 is 18.0 Å². The van der Waals surface area contributed by atoms with Gasteiger partial charge in [-0.15, -0.1) is 0 Å². The summed E-state index contributed by atoms with van der Waals surface area (Å²) in [6, 6.07) is 12.6. The predicted octanol–water partition coefficient (Wildman–Crippen LogP) is 3.11. The number of piperidine rings is 1. The molecule has 2 N–H and O–H groups in total. The van der Waals surface area contributed by atoms with Crippen LogP contribution in [0.1, 0.15) is 47.4 Å². The van der Waals surface area contributed by atoms with Crippen LogP contribution in [0.5, 0.6) is 0 Å². The molecule has 1 aliphatic rings. The van der Waals surface area contributed by atoms with E-state index in [1.54, 1.807) is 24.3 Å². The molecule has 3 rings (SSSR count). The van der Waals surface area contributed by atoms with Gasteiger partial charge in [-0.25, -0.2) is 8.42 Å². The number of benzene rings is 2. The number of rotatable bonds is 6. The van der Waals surface area contributed by atoms with Crippen LogP contribution in [0.15, 0.2) is 53.4 Å². The van der Waals surface area contributed by atoms with Gasteiger partial charge >= 0.3 is 0 Å². The quantitative estimate of drug-likeness (QED) is 0.738. The fourth-order valence-corrected chi connectivity index (χ4v) is 4.86. The summed E-state index contributed by atoms with van der Waals surface area (Å²) >= 11 is 0. The number of carbonyl (C=O) groups excluding carboxylic acids is 2. The zero-order valence-corrected chi connectivity index (χ0v) is 18.0. The van der Waals surface area contributed by atoms with E-state index in [2.05, 4.69) is 17.6 Å². The van der Waals surface area contributed by atoms with Crippen molar-refractivity contribution in [2.24, 2.45) is 5.92 Å². The highest BCUT2D eigenvalue weighted by atomic mass is 32.2. The lowest BCUT2D eigenvalue weighted by Crippen LogP contribution is -2.37. The Balaban J connectivity index is 1.74. The molecule has 2 aromatic rings. The average molecular weight is 430 g/mol. The van der Waals surface area contributed by atoms with E-state index in [0.29, 0.717) is 42.4 Å². The maximum Gasteiger partial charge on any atom is 0.255 e. The summed E-state index contributed by atoms with van der Waals surface area (Å²) in [6.45, 7) is 5.46. The van der Waals surface area contributed by atoms with Crippen molar-refractivity contribution in [3.05, 3.63) is 59.7 Å². The van der Waals surface area contributed by atoms with Gasteiger partial charge < -0.3 is 10.6 Å². The smallest absolute Gasteiger partial charge is 0.255 e. The summed E-state index contributed by atoms with van der Waals surface area (Å²) in [4.78, 5) is 25.0. The van der Waals surface area contributed by atoms with Crippen LogP contribution in [0, 0.1) is 5.92 Å². The zero-order chi connectivity index (χ0) is 21.7. The molecule has 1 saturated heterocycles. The van der Waals surface area contributed by atoms with E-state index >= 15 is 0 Å². The number of anilines is 1. The van der Waals surface area contributed by atoms with E-state index in [9.17, 15) is 18.0 Å². The molecular formula is C22H27N3O4S. The molecule has 0 radical (unpaired) electrons. The predicted molar refractivity (Wildman–Crippen MR) is 116 cm³/mol. The van der Waals surface area contributed by atoms with Crippen LogP contribution in [0.25, 0.3) is 0 Å². The summed E-state index contributed by atoms with van der Waals surface area (Å²) in [6.07, 6.45) is 1.70. The molecular weight excluding hydrogens is 402 g/mol. The molecule has 1 fully saturated rings. The molecule has 0 unspecified atom stereocenters. The SMILES string of the molecule is CCNC(=O)c1ccccc1NC(=O)c1ccc(S(=O)(=O)N2CCC(C)CC2)cc1. The van der Waals surface area contributed by atoms with Crippen LogP contribution in [-0.4, -0.2) is 44.2 Å². The largest absolute Gasteiger partial charge is 0.352 e. The van der Waals surface area contributed by atoms with Crippen LogP contribution in [0.4, 0.5) is 5.69 Å². The molecule has 160 valence electrons. The first-order valence-corrected chi connectivity index (χ1v) is 11.6. The van der Waals surface area contributed by atoms with E-state index in [-0.39, 0.29) is 10.8 Å². The van der Waals surface area contributed by atoms with E-state index in [4.69, 9.17) is 0 Å². The highest BCUT2D eigenvalue weighted by Gasteiger charge is 2.28. The van der Waals surface area contributed by atoms with Gasteiger partial charge in [0.2, 0.25) is 10.0 Å². The lowest BCUT2D eigenvalue weighted by molar-refractivity contribution is 0.0956. The fourth-order valence-electron chi connectivity index (χ4n) is 3.39. The average Bonchev–Trinajstić information content (AvgIpc) is 2.74. The Bertz CT molecular complexity index is 1010. The molecule has 0 saturated carbocycles. The van der Waals surface area contributed by atoms with Crippen molar-refractivity contribution in [1.29, 1.82) is 0 Å². The number of para-hydroxylation sites is 1. The minimum Gasteiger partial charge on any atom is -0.352 e. The van der Waals surface area contributed by atoms with E-state index < -0.39 is 15.9 Å². The van der Waals surface area contributed by atoms with Gasteiger partial charge in [0.1, 0.15) is 0 Å². The first-order valence-electron chi connectivity index (χ1n) is 10.1. The maximum atomic E-state index is 12.8. The number of hydrogen-bond donors (Lipinski definition) is 2. The molecule has 0 aliphatic carbocycles. The molecule has 2 aromatic carbocycles. The molecule has 8 heteroatoms. The van der Waals surface area contributed by atoms with Crippen LogP contribution >= 0.6 is 0 Å². The van der Waals surface area contributed by atoms with Gasteiger partial charge in [0, 0.05) is 25.2 Å². The highest BCUT2D eigenvalue weighted by Crippen LogP contribution is 2.24. The van der Waals surface area contributed by atoms with Crippen molar-refractivity contribution in [3.8, 4) is 0 Å². The van der Waals surface area contributed by atoms with Crippen LogP contribution in [0.2, 0.25) is 0 Å². The summed E-state index contributed by atoms with van der Waals surface area (Å²) in [5.74, 6) is -0.155. The first-order chi connectivity index (χ1) is 14.3. The summed E-state index contributed by atoms with van der Waals surface area (Å²) in [7, 11) is -3.56. The molecule has 1 aliphatic heterocycles. The minimum atomic E-state index is -3.56. The van der Waals surface area contributed by atoms with Gasteiger partial charge in [-0.05, 0) is 62.1 Å². The fraction of sp³-hybridized carbons (Fsp3) is 0.364. The van der Waals surface area contributed by atoms with Crippen molar-refractivity contribution in [2.45, 2.75) is 31.6 Å². The summed E-state index contributed by atoms with van der Waals surface area (Å²) < 4.78 is 27.2. The van der Waals surface area contributed by atoms with Gasteiger partial charge in [0.15, 0.2) is 0 Å². The highest BCUT2D eigenvalue weighted by molar-refractivity contribution is 7.89. The molecule has 0 aromatic heterocycles. The second kappa shape index (κ2) is 9.40. The standard InChI is InChI=1S/C22H27N3O4S/c1-3-23-22(27)19-6-4-5-7-20(19)24-21(26)17-8-10-18(11-9-17)30(28,29)25-14-12-16(2)13-15-25/h4-11,16H,3,12-15H2,1-2H3,(H,23,27)(H,24,26). The van der Waals surface area contributed by atoms with E-state index in [1.165, 1.54) is 28.6 Å². The Kier molecular flexibility index (Phi) is 6.89. The van der Waals surface area contributed by atoms with Crippen molar-refractivity contribution in [2.75, 3.05) is 25.0 Å². The number of nitrogens with zero attached hydrogens (tertiary/aromatic N) is 1. The van der Waals surface area contributed by atoms with Crippen LogP contribution in [-0.2, 0) is 10.0 Å². The molecule has 30 heavy (non-hydrogen) atoms. The summed E-state index contributed by atoms with van der Waals surface area (Å²) in [5.41, 5.74) is 1.07. The number of carbonyl (C=O) groups is 2. The Hall–Kier alpha value is -2.71. The van der Waals surface area contributed by atoms with Crippen molar-refractivity contribution in [3.63, 3.8) is 0 Å². The maximum absolute atomic E-state index is 12.8. The Morgan fingerprint density at radius 1 is 1.00 bits per heavy atom. The normalized spacial score (nSPS) is 15.5. The number of nitrogens with one attached hydrogen (secondary N) is 2. The number of hydrogen-bond acceptors (Lipinski definition) is 4. The van der Waals surface area contributed by atoms with Gasteiger partial charge in [-0.2, -0.15) is 4.31 Å². The minimum absolute atomic E-state index is 0.177. The first kappa shape index (κ1) is 22.0. The van der Waals surface area contributed by atoms with Crippen molar-refractivity contribution >= 4 is 27.5 Å². The summed E-state index contributed by atoms with van der Waals surface area (Å²) in [5, 5.41) is 5.44. The van der Waals surface area contributed by atoms with Crippen LogP contribution in [0.3, 0.4) is 0 Å². The Morgan fingerprint density at radius 3 is 2.27 bits per heavy atom. The third-order valence-corrected chi connectivity index (χ3v) is 7.17. The van der Waals surface area contributed by atoms with Gasteiger partial charge in [-0.3, -0.25) is 9.59 Å². The third kappa shape index (κ3) is 4.88.